The van der Waals surface area contributed by atoms with Crippen molar-refractivity contribution in [1.29, 1.82) is 0 Å². The molecule has 2 amide bonds. The first-order valence-corrected chi connectivity index (χ1v) is 12.6. The van der Waals surface area contributed by atoms with Crippen LogP contribution in [-0.4, -0.2) is 45.6 Å². The summed E-state index contributed by atoms with van der Waals surface area (Å²) in [5.41, 5.74) is 2.50. The van der Waals surface area contributed by atoms with E-state index in [9.17, 15) is 9.59 Å². The fourth-order valence-electron chi connectivity index (χ4n) is 4.10. The Labute approximate surface area is 204 Å². The molecule has 8 heteroatoms. The Morgan fingerprint density at radius 2 is 2.06 bits per heavy atom. The summed E-state index contributed by atoms with van der Waals surface area (Å²) in [4.78, 5) is 38.9. The summed E-state index contributed by atoms with van der Waals surface area (Å²) in [5.74, 6) is -0.331. The molecule has 1 saturated heterocycles. The van der Waals surface area contributed by atoms with Gasteiger partial charge in [-0.25, -0.2) is 9.78 Å². The monoisotopic (exact) mass is 480 g/mol. The molecule has 0 saturated carbocycles. The van der Waals surface area contributed by atoms with E-state index >= 15 is 0 Å². The third-order valence-electron chi connectivity index (χ3n) is 5.83. The van der Waals surface area contributed by atoms with Crippen molar-refractivity contribution in [3.8, 4) is 0 Å². The Kier molecular flexibility index (Phi) is 7.16. The molecule has 1 aliphatic rings. The number of carbonyl (C=O) groups is 2. The van der Waals surface area contributed by atoms with Crippen LogP contribution in [0.1, 0.15) is 51.7 Å². The largest absolute Gasteiger partial charge is 0.444 e. The van der Waals surface area contributed by atoms with Crippen molar-refractivity contribution in [1.82, 2.24) is 14.9 Å². The number of carbonyl (C=O) groups excluding carboxylic acids is 2. The molecule has 7 nitrogen and oxygen atoms in total. The van der Waals surface area contributed by atoms with E-state index in [4.69, 9.17) is 9.72 Å². The van der Waals surface area contributed by atoms with E-state index in [0.29, 0.717) is 24.8 Å². The van der Waals surface area contributed by atoms with Gasteiger partial charge < -0.3 is 9.64 Å². The Morgan fingerprint density at radius 3 is 2.76 bits per heavy atom. The zero-order valence-corrected chi connectivity index (χ0v) is 21.1. The van der Waals surface area contributed by atoms with E-state index in [1.54, 1.807) is 22.2 Å². The predicted octanol–water partition coefficient (Wildman–Crippen LogP) is 5.43. The van der Waals surface area contributed by atoms with Crippen LogP contribution >= 0.6 is 11.3 Å². The molecule has 0 spiro atoms. The van der Waals surface area contributed by atoms with Crippen LogP contribution in [0.5, 0.6) is 0 Å². The van der Waals surface area contributed by atoms with Gasteiger partial charge in [0.1, 0.15) is 5.60 Å². The van der Waals surface area contributed by atoms with Gasteiger partial charge in [0.2, 0.25) is 5.91 Å². The lowest BCUT2D eigenvalue weighted by atomic mass is 9.96. The van der Waals surface area contributed by atoms with Crippen molar-refractivity contribution in [3.05, 3.63) is 53.9 Å². The fraction of sp³-hybridized carbons (Fsp3) is 0.462. The van der Waals surface area contributed by atoms with Crippen LogP contribution in [0, 0.1) is 5.92 Å². The SMILES string of the molecule is CCc1ccc2nc(N(Cc3cccnc3)C(=O)C3CCCN(C(=O)OC(C)(C)C)C3)sc2c1. The first-order chi connectivity index (χ1) is 16.2. The van der Waals surface area contributed by atoms with Gasteiger partial charge in [0.25, 0.3) is 0 Å². The Balaban J connectivity index is 1.61. The summed E-state index contributed by atoms with van der Waals surface area (Å²) >= 11 is 1.53. The number of ether oxygens (including phenoxy) is 1. The predicted molar refractivity (Wildman–Crippen MR) is 135 cm³/mol. The molecule has 3 heterocycles. The molecule has 4 rings (SSSR count). The second-order valence-corrected chi connectivity index (χ2v) is 10.7. The molecule has 1 fully saturated rings. The maximum absolute atomic E-state index is 13.8. The lowest BCUT2D eigenvalue weighted by Gasteiger charge is -2.35. The van der Waals surface area contributed by atoms with Crippen molar-refractivity contribution in [2.24, 2.45) is 5.92 Å². The number of anilines is 1. The zero-order chi connectivity index (χ0) is 24.3. The first-order valence-electron chi connectivity index (χ1n) is 11.8. The fourth-order valence-corrected chi connectivity index (χ4v) is 5.13. The van der Waals surface area contributed by atoms with E-state index in [-0.39, 0.29) is 17.9 Å². The van der Waals surface area contributed by atoms with Crippen molar-refractivity contribution in [3.63, 3.8) is 0 Å². The molecular formula is C26H32N4O3S. The Hall–Kier alpha value is -3.00. The first kappa shape index (κ1) is 24.1. The van der Waals surface area contributed by atoms with E-state index in [1.807, 2.05) is 39.0 Å². The van der Waals surface area contributed by atoms with Gasteiger partial charge >= 0.3 is 6.09 Å². The number of pyridine rings is 1. The lowest BCUT2D eigenvalue weighted by Crippen LogP contribution is -2.48. The lowest BCUT2D eigenvalue weighted by molar-refractivity contribution is -0.124. The Morgan fingerprint density at radius 1 is 1.24 bits per heavy atom. The molecule has 1 atom stereocenters. The molecule has 34 heavy (non-hydrogen) atoms. The van der Waals surface area contributed by atoms with Crippen LogP contribution in [0.2, 0.25) is 0 Å². The highest BCUT2D eigenvalue weighted by Crippen LogP contribution is 2.33. The van der Waals surface area contributed by atoms with Crippen molar-refractivity contribution >= 4 is 38.7 Å². The van der Waals surface area contributed by atoms with Gasteiger partial charge in [-0.1, -0.05) is 30.4 Å². The molecular weight excluding hydrogens is 448 g/mol. The normalized spacial score (nSPS) is 16.5. The number of rotatable bonds is 5. The average Bonchev–Trinajstić information content (AvgIpc) is 3.24. The summed E-state index contributed by atoms with van der Waals surface area (Å²) in [6.07, 6.45) is 5.57. The van der Waals surface area contributed by atoms with Crippen LogP contribution in [0.3, 0.4) is 0 Å². The molecule has 1 unspecified atom stereocenters. The third kappa shape index (κ3) is 5.73. The average molecular weight is 481 g/mol. The van der Waals surface area contributed by atoms with Gasteiger partial charge in [0.15, 0.2) is 5.13 Å². The van der Waals surface area contributed by atoms with Crippen molar-refractivity contribution in [2.45, 2.75) is 59.1 Å². The minimum absolute atomic E-state index is 0.0214. The van der Waals surface area contributed by atoms with Crippen LogP contribution in [0.25, 0.3) is 10.2 Å². The van der Waals surface area contributed by atoms with Gasteiger partial charge in [0, 0.05) is 25.5 Å². The number of aryl methyl sites for hydroxylation is 1. The van der Waals surface area contributed by atoms with Gasteiger partial charge in [0.05, 0.1) is 22.7 Å². The van der Waals surface area contributed by atoms with Crippen molar-refractivity contribution < 1.29 is 14.3 Å². The minimum Gasteiger partial charge on any atom is -0.444 e. The highest BCUT2D eigenvalue weighted by Gasteiger charge is 2.34. The molecule has 0 bridgehead atoms. The number of nitrogens with zero attached hydrogens (tertiary/aromatic N) is 4. The number of amides is 2. The molecule has 1 aliphatic heterocycles. The number of thiazole rings is 1. The molecule has 180 valence electrons. The van der Waals surface area contributed by atoms with E-state index in [0.717, 1.165) is 35.0 Å². The Bertz CT molecular complexity index is 1160. The molecule has 2 aromatic heterocycles. The maximum atomic E-state index is 13.8. The van der Waals surface area contributed by atoms with Gasteiger partial charge in [-0.2, -0.15) is 0 Å². The number of piperidine rings is 1. The number of hydrogen-bond donors (Lipinski definition) is 0. The van der Waals surface area contributed by atoms with E-state index in [2.05, 4.69) is 24.0 Å². The molecule has 0 radical (unpaired) electrons. The zero-order valence-electron chi connectivity index (χ0n) is 20.3. The summed E-state index contributed by atoms with van der Waals surface area (Å²) in [6.45, 7) is 9.01. The third-order valence-corrected chi connectivity index (χ3v) is 6.87. The van der Waals surface area contributed by atoms with Gasteiger partial charge in [-0.3, -0.25) is 14.7 Å². The highest BCUT2D eigenvalue weighted by atomic mass is 32.1. The van der Waals surface area contributed by atoms with Gasteiger partial charge in [-0.15, -0.1) is 0 Å². The summed E-state index contributed by atoms with van der Waals surface area (Å²) < 4.78 is 6.62. The van der Waals surface area contributed by atoms with Gasteiger partial charge in [-0.05, 0) is 69.4 Å². The molecule has 1 aromatic carbocycles. The van der Waals surface area contributed by atoms with Crippen LogP contribution in [0.4, 0.5) is 9.93 Å². The van der Waals surface area contributed by atoms with Crippen molar-refractivity contribution in [2.75, 3.05) is 18.0 Å². The number of aromatic nitrogens is 2. The molecule has 3 aromatic rings. The van der Waals surface area contributed by atoms with E-state index < -0.39 is 5.60 Å². The van der Waals surface area contributed by atoms with Crippen LogP contribution in [0.15, 0.2) is 42.7 Å². The quantitative estimate of drug-likeness (QED) is 0.486. The van der Waals surface area contributed by atoms with E-state index in [1.165, 1.54) is 16.9 Å². The summed E-state index contributed by atoms with van der Waals surface area (Å²) in [5, 5.41) is 0.673. The summed E-state index contributed by atoms with van der Waals surface area (Å²) in [6, 6.07) is 10.1. The number of hydrogen-bond acceptors (Lipinski definition) is 6. The van der Waals surface area contributed by atoms with Crippen LogP contribution in [-0.2, 0) is 22.5 Å². The maximum Gasteiger partial charge on any atom is 0.410 e. The highest BCUT2D eigenvalue weighted by molar-refractivity contribution is 7.22. The minimum atomic E-state index is -0.571. The standard InChI is InChI=1S/C26H32N4O3S/c1-5-18-10-11-21-22(14-18)34-24(28-21)30(16-19-8-6-12-27-15-19)23(31)20-9-7-13-29(17-20)25(32)33-26(2,3)4/h6,8,10-12,14-15,20H,5,7,9,13,16-17H2,1-4H3. The summed E-state index contributed by atoms with van der Waals surface area (Å²) in [7, 11) is 0. The molecule has 0 N–H and O–H groups in total. The second kappa shape index (κ2) is 10.1. The second-order valence-electron chi connectivity index (χ2n) is 9.70. The molecule has 0 aliphatic carbocycles. The number of benzene rings is 1. The number of likely N-dealkylation sites (tertiary alicyclic amines) is 1. The van der Waals surface area contributed by atoms with Crippen LogP contribution < -0.4 is 4.90 Å². The smallest absolute Gasteiger partial charge is 0.410 e. The number of fused-ring (bicyclic) bond motifs is 1. The topological polar surface area (TPSA) is 75.6 Å².